The van der Waals surface area contributed by atoms with Gasteiger partial charge in [0.2, 0.25) is 0 Å². The number of fused-ring (bicyclic) bond motifs is 7. The zero-order valence-corrected chi connectivity index (χ0v) is 19.1. The SMILES string of the molecule is C#C[C@]1(O)CC[C@H]2[C@H]3C4C(C[C@@]21C)c1ccc(CC)cc1C[C@@]41CCC(=O)C=C1[C@H]1O[C@@H]31. The van der Waals surface area contributed by atoms with Crippen LogP contribution in [0.2, 0.25) is 0 Å². The smallest absolute Gasteiger partial charge is 0.155 e. The first-order valence-corrected chi connectivity index (χ1v) is 12.6. The van der Waals surface area contributed by atoms with Crippen molar-refractivity contribution in [1.82, 2.24) is 0 Å². The number of carbonyl (C=O) groups excluding carboxylic acids is 1. The van der Waals surface area contributed by atoms with Crippen molar-refractivity contribution < 1.29 is 14.6 Å². The molecule has 0 aromatic heterocycles. The lowest BCUT2D eigenvalue weighted by Crippen LogP contribution is -2.61. The zero-order valence-electron chi connectivity index (χ0n) is 19.1. The van der Waals surface area contributed by atoms with E-state index in [0.717, 1.165) is 32.1 Å². The molecule has 166 valence electrons. The summed E-state index contributed by atoms with van der Waals surface area (Å²) in [5.41, 5.74) is 4.28. The number of rotatable bonds is 1. The van der Waals surface area contributed by atoms with E-state index < -0.39 is 5.60 Å². The first-order chi connectivity index (χ1) is 15.3. The predicted molar refractivity (Wildman–Crippen MR) is 122 cm³/mol. The second-order valence-electron chi connectivity index (χ2n) is 11.8. The van der Waals surface area contributed by atoms with Gasteiger partial charge in [-0.1, -0.05) is 38.0 Å². The van der Waals surface area contributed by atoms with Gasteiger partial charge >= 0.3 is 0 Å². The minimum absolute atomic E-state index is 0.0262. The molecule has 1 aromatic rings. The van der Waals surface area contributed by atoms with E-state index in [1.54, 1.807) is 0 Å². The van der Waals surface area contributed by atoms with Crippen molar-refractivity contribution in [1.29, 1.82) is 0 Å². The number of epoxide rings is 1. The lowest BCUT2D eigenvalue weighted by molar-refractivity contribution is -0.124. The Morgan fingerprint density at radius 1 is 1.31 bits per heavy atom. The van der Waals surface area contributed by atoms with Gasteiger partial charge in [0, 0.05) is 17.3 Å². The molecule has 1 spiro atoms. The van der Waals surface area contributed by atoms with Crippen LogP contribution in [-0.2, 0) is 22.4 Å². The highest BCUT2D eigenvalue weighted by Gasteiger charge is 2.74. The molecule has 7 rings (SSSR count). The molecular weight excluding hydrogens is 396 g/mol. The Labute approximate surface area is 190 Å². The minimum Gasteiger partial charge on any atom is -0.377 e. The third kappa shape index (κ3) is 2.10. The highest BCUT2D eigenvalue weighted by atomic mass is 16.6. The minimum atomic E-state index is -1.04. The van der Waals surface area contributed by atoms with Crippen molar-refractivity contribution in [3.8, 4) is 12.3 Å². The van der Waals surface area contributed by atoms with Gasteiger partial charge in [0.15, 0.2) is 5.78 Å². The summed E-state index contributed by atoms with van der Waals surface area (Å²) in [5.74, 6) is 4.74. The first-order valence-electron chi connectivity index (χ1n) is 12.6. The second kappa shape index (κ2) is 5.96. The topological polar surface area (TPSA) is 49.8 Å². The summed E-state index contributed by atoms with van der Waals surface area (Å²) < 4.78 is 6.41. The molecule has 32 heavy (non-hydrogen) atoms. The van der Waals surface area contributed by atoms with Crippen molar-refractivity contribution in [2.45, 2.75) is 82.5 Å². The number of hydrogen-bond donors (Lipinski definition) is 1. The van der Waals surface area contributed by atoms with E-state index in [-0.39, 0.29) is 28.8 Å². The molecule has 1 aliphatic heterocycles. The van der Waals surface area contributed by atoms with E-state index in [9.17, 15) is 9.90 Å². The van der Waals surface area contributed by atoms with Crippen molar-refractivity contribution in [3.05, 3.63) is 46.5 Å². The van der Waals surface area contributed by atoms with Crippen molar-refractivity contribution in [2.24, 2.45) is 28.6 Å². The number of terminal acetylenes is 1. The summed E-state index contributed by atoms with van der Waals surface area (Å²) in [6, 6.07) is 7.08. The number of aryl methyl sites for hydroxylation is 1. The molecule has 0 bridgehead atoms. The fourth-order valence-corrected chi connectivity index (χ4v) is 9.36. The molecule has 3 heteroatoms. The summed E-state index contributed by atoms with van der Waals surface area (Å²) >= 11 is 0. The number of carbonyl (C=O) groups is 1. The molecule has 6 aliphatic rings. The molecule has 0 amide bonds. The average Bonchev–Trinajstić information content (AvgIpc) is 3.54. The molecule has 1 saturated heterocycles. The summed E-state index contributed by atoms with van der Waals surface area (Å²) in [5, 5.41) is 11.6. The van der Waals surface area contributed by atoms with Gasteiger partial charge in [0.1, 0.15) is 11.7 Å². The van der Waals surface area contributed by atoms with Crippen LogP contribution in [0.4, 0.5) is 0 Å². The maximum Gasteiger partial charge on any atom is 0.155 e. The lowest BCUT2D eigenvalue weighted by atomic mass is 9.39. The largest absolute Gasteiger partial charge is 0.377 e. The van der Waals surface area contributed by atoms with Crippen molar-refractivity contribution in [2.75, 3.05) is 0 Å². The molecule has 0 radical (unpaired) electrons. The number of aliphatic hydroxyl groups is 1. The van der Waals surface area contributed by atoms with E-state index in [1.807, 2.05) is 6.08 Å². The highest BCUT2D eigenvalue weighted by Crippen LogP contribution is 2.75. The van der Waals surface area contributed by atoms with Crippen molar-refractivity contribution >= 4 is 5.78 Å². The van der Waals surface area contributed by atoms with Crippen LogP contribution in [0.5, 0.6) is 0 Å². The molecular formula is C29H32O3. The highest BCUT2D eigenvalue weighted by molar-refractivity contribution is 5.92. The van der Waals surface area contributed by atoms with Crippen LogP contribution in [0.1, 0.15) is 68.6 Å². The molecule has 4 fully saturated rings. The normalized spacial score (nSPS) is 49.6. The van der Waals surface area contributed by atoms with E-state index >= 15 is 0 Å². The molecule has 9 atom stereocenters. The van der Waals surface area contributed by atoms with E-state index in [1.165, 1.54) is 22.3 Å². The number of ketones is 1. The first kappa shape index (κ1) is 19.6. The Bertz CT molecular complexity index is 1130. The summed E-state index contributed by atoms with van der Waals surface area (Å²) in [7, 11) is 0. The van der Waals surface area contributed by atoms with Gasteiger partial charge < -0.3 is 9.84 Å². The third-order valence-corrected chi connectivity index (χ3v) is 10.9. The molecule has 2 unspecified atom stereocenters. The molecule has 3 saturated carbocycles. The van der Waals surface area contributed by atoms with Crippen LogP contribution in [0.3, 0.4) is 0 Å². The van der Waals surface area contributed by atoms with Gasteiger partial charge in [0.05, 0.1) is 6.10 Å². The molecule has 1 N–H and O–H groups in total. The molecule has 5 aliphatic carbocycles. The van der Waals surface area contributed by atoms with Crippen LogP contribution in [0.15, 0.2) is 29.8 Å². The van der Waals surface area contributed by atoms with Crippen LogP contribution < -0.4 is 0 Å². The maximum absolute atomic E-state index is 12.5. The second-order valence-corrected chi connectivity index (χ2v) is 11.8. The predicted octanol–water partition coefficient (Wildman–Crippen LogP) is 4.36. The maximum atomic E-state index is 12.5. The van der Waals surface area contributed by atoms with Crippen LogP contribution >= 0.6 is 0 Å². The summed E-state index contributed by atoms with van der Waals surface area (Å²) in [6.07, 6.45) is 14.5. The standard InChI is InChI=1S/C29H32O3/c1-4-16-6-7-19-17(12-16)14-28-10-8-18(30)13-22(28)25-26(32-25)23-21-9-11-29(31,5-2)27(21,3)15-20(19)24(23)28/h2,6-7,12-13,20-21,23-26,31H,4,8-11,14-15H2,1,3H3/t20?,21-,23-,24?,25+,26-,27-,28+,29-/m0/s1. The number of ether oxygens (including phenoxy) is 1. The lowest BCUT2D eigenvalue weighted by Gasteiger charge is -2.63. The van der Waals surface area contributed by atoms with Crippen LogP contribution in [0, 0.1) is 40.9 Å². The van der Waals surface area contributed by atoms with Gasteiger partial charge in [-0.3, -0.25) is 4.79 Å². The monoisotopic (exact) mass is 428 g/mol. The van der Waals surface area contributed by atoms with Crippen LogP contribution in [0.25, 0.3) is 0 Å². The molecule has 1 heterocycles. The van der Waals surface area contributed by atoms with Gasteiger partial charge in [0.25, 0.3) is 0 Å². The third-order valence-electron chi connectivity index (χ3n) is 10.9. The number of benzene rings is 1. The average molecular weight is 429 g/mol. The van der Waals surface area contributed by atoms with E-state index in [2.05, 4.69) is 38.0 Å². The Hall–Kier alpha value is -1.89. The Morgan fingerprint density at radius 2 is 2.16 bits per heavy atom. The van der Waals surface area contributed by atoms with Gasteiger partial charge in [-0.05, 0) is 90.5 Å². The number of hydrogen-bond acceptors (Lipinski definition) is 3. The summed E-state index contributed by atoms with van der Waals surface area (Å²) in [4.78, 5) is 12.5. The Balaban J connectivity index is 1.47. The van der Waals surface area contributed by atoms with Crippen LogP contribution in [-0.4, -0.2) is 28.7 Å². The van der Waals surface area contributed by atoms with Gasteiger partial charge in [-0.15, -0.1) is 6.42 Å². The fraction of sp³-hybridized carbons (Fsp3) is 0.621. The van der Waals surface area contributed by atoms with Gasteiger partial charge in [-0.2, -0.15) is 0 Å². The zero-order chi connectivity index (χ0) is 22.0. The van der Waals surface area contributed by atoms with Crippen molar-refractivity contribution in [3.63, 3.8) is 0 Å². The van der Waals surface area contributed by atoms with Gasteiger partial charge in [-0.25, -0.2) is 0 Å². The molecule has 1 aromatic carbocycles. The fourth-order valence-electron chi connectivity index (χ4n) is 9.36. The Kier molecular flexibility index (Phi) is 3.65. The van der Waals surface area contributed by atoms with E-state index in [4.69, 9.17) is 11.2 Å². The van der Waals surface area contributed by atoms with E-state index in [0.29, 0.717) is 36.5 Å². The quantitative estimate of drug-likeness (QED) is 0.534. The Morgan fingerprint density at radius 3 is 2.94 bits per heavy atom. The summed E-state index contributed by atoms with van der Waals surface area (Å²) in [6.45, 7) is 4.47. The molecule has 3 nitrogen and oxygen atoms in total.